The highest BCUT2D eigenvalue weighted by atomic mass is 79.9. The van der Waals surface area contributed by atoms with E-state index >= 15 is 0 Å². The molecule has 128 valence electrons. The Balaban J connectivity index is 2.18. The Bertz CT molecular complexity index is 585. The van der Waals surface area contributed by atoms with Crippen LogP contribution in [0, 0.1) is 11.3 Å². The van der Waals surface area contributed by atoms with E-state index in [9.17, 15) is 4.79 Å². The number of primary amides is 1. The summed E-state index contributed by atoms with van der Waals surface area (Å²) in [4.78, 5) is 15.4. The summed E-state index contributed by atoms with van der Waals surface area (Å²) in [6.45, 7) is 6.62. The molecule has 5 nitrogen and oxygen atoms in total. The number of carbonyl (C=O) groups is 1. The molecule has 2 rings (SSSR count). The number of aromatic nitrogens is 1. The molecule has 7 heteroatoms. The van der Waals surface area contributed by atoms with Gasteiger partial charge in [0.2, 0.25) is 0 Å². The van der Waals surface area contributed by atoms with Gasteiger partial charge in [0.05, 0.1) is 6.61 Å². The topological polar surface area (TPSA) is 74.4 Å². The predicted molar refractivity (Wildman–Crippen MR) is 92.8 cm³/mol. The summed E-state index contributed by atoms with van der Waals surface area (Å²) in [5.41, 5.74) is 5.79. The second-order valence-corrected chi connectivity index (χ2v) is 8.09. The quantitative estimate of drug-likeness (QED) is 0.714. The minimum absolute atomic E-state index is 0.261. The normalized spacial score (nSPS) is 16.0. The van der Waals surface area contributed by atoms with Crippen molar-refractivity contribution in [2.24, 2.45) is 17.1 Å². The van der Waals surface area contributed by atoms with Gasteiger partial charge in [-0.05, 0) is 51.7 Å². The van der Waals surface area contributed by atoms with E-state index in [-0.39, 0.29) is 11.5 Å². The summed E-state index contributed by atoms with van der Waals surface area (Å²) in [5, 5.41) is 0.324. The first-order valence-electron chi connectivity index (χ1n) is 7.60. The lowest BCUT2D eigenvalue weighted by atomic mass is 9.85. The number of ether oxygens (including phenoxy) is 2. The molecular weight excluding hydrogens is 384 g/mol. The molecule has 1 aliphatic carbocycles. The van der Waals surface area contributed by atoms with Crippen LogP contribution in [0.1, 0.15) is 39.2 Å². The van der Waals surface area contributed by atoms with Crippen molar-refractivity contribution in [2.45, 2.75) is 46.1 Å². The van der Waals surface area contributed by atoms with Gasteiger partial charge in [-0.2, -0.15) is 0 Å². The maximum Gasteiger partial charge on any atom is 0.404 e. The van der Waals surface area contributed by atoms with E-state index in [0.29, 0.717) is 34.5 Å². The standard InChI is InChI=1S/C16H22BrClN2O3/c1-16(2,3)12(23-15(19)21)7-10-6-11(14(18)20-13(10)17)22-8-9-4-5-9/h6,9,12H,4-5,7-8H2,1-3H3,(H2,19,21). The van der Waals surface area contributed by atoms with E-state index in [4.69, 9.17) is 26.8 Å². The van der Waals surface area contributed by atoms with Crippen LogP contribution in [0.15, 0.2) is 10.7 Å². The zero-order valence-corrected chi connectivity index (χ0v) is 15.9. The smallest absolute Gasteiger partial charge is 0.404 e. The number of amides is 1. The Kier molecular flexibility index (Phi) is 5.79. The zero-order chi connectivity index (χ0) is 17.2. The minimum atomic E-state index is -0.784. The summed E-state index contributed by atoms with van der Waals surface area (Å²) < 4.78 is 11.6. The Labute approximate surface area is 150 Å². The third-order valence-corrected chi connectivity index (χ3v) is 4.73. The first-order valence-corrected chi connectivity index (χ1v) is 8.77. The number of hydrogen-bond acceptors (Lipinski definition) is 4. The predicted octanol–water partition coefficient (Wildman–Crippen LogP) is 4.34. The molecule has 1 amide bonds. The molecular formula is C16H22BrClN2O3. The van der Waals surface area contributed by atoms with Gasteiger partial charge in [-0.15, -0.1) is 0 Å². The maximum absolute atomic E-state index is 11.2. The van der Waals surface area contributed by atoms with Crippen LogP contribution in [0.5, 0.6) is 5.75 Å². The summed E-state index contributed by atoms with van der Waals surface area (Å²) in [7, 11) is 0. The van der Waals surface area contributed by atoms with E-state index in [1.54, 1.807) is 0 Å². The maximum atomic E-state index is 11.2. The van der Waals surface area contributed by atoms with Gasteiger partial charge in [0.15, 0.2) is 10.9 Å². The lowest BCUT2D eigenvalue weighted by molar-refractivity contribution is 0.0372. The fourth-order valence-corrected chi connectivity index (χ4v) is 2.84. The van der Waals surface area contributed by atoms with Gasteiger partial charge in [0.25, 0.3) is 0 Å². The van der Waals surface area contributed by atoms with E-state index in [1.165, 1.54) is 12.8 Å². The first-order chi connectivity index (χ1) is 10.7. The van der Waals surface area contributed by atoms with Crippen molar-refractivity contribution in [3.05, 3.63) is 21.4 Å². The van der Waals surface area contributed by atoms with Gasteiger partial charge >= 0.3 is 6.09 Å². The van der Waals surface area contributed by atoms with E-state index < -0.39 is 6.09 Å². The summed E-state index contributed by atoms with van der Waals surface area (Å²) in [6, 6.07) is 1.85. The minimum Gasteiger partial charge on any atom is -0.490 e. The van der Waals surface area contributed by atoms with Crippen LogP contribution in [0.25, 0.3) is 0 Å². The number of rotatable bonds is 6. The average molecular weight is 406 g/mol. The molecule has 1 saturated carbocycles. The fraction of sp³-hybridized carbons (Fsp3) is 0.625. The van der Waals surface area contributed by atoms with Gasteiger partial charge < -0.3 is 15.2 Å². The Hall–Kier alpha value is -1.01. The van der Waals surface area contributed by atoms with Gasteiger partial charge in [-0.25, -0.2) is 9.78 Å². The molecule has 0 spiro atoms. The molecule has 0 bridgehead atoms. The zero-order valence-electron chi connectivity index (χ0n) is 13.6. The van der Waals surface area contributed by atoms with Gasteiger partial charge in [0.1, 0.15) is 10.7 Å². The summed E-state index contributed by atoms with van der Waals surface area (Å²) >= 11 is 9.56. The SMILES string of the molecule is CC(C)(C)C(Cc1cc(OCC2CC2)c(Cl)nc1Br)OC(N)=O. The van der Waals surface area contributed by atoms with Gasteiger partial charge in [-0.3, -0.25) is 0 Å². The lowest BCUT2D eigenvalue weighted by Crippen LogP contribution is -2.35. The van der Waals surface area contributed by atoms with Crippen LogP contribution in [0.4, 0.5) is 4.79 Å². The second kappa shape index (κ2) is 7.26. The van der Waals surface area contributed by atoms with Crippen LogP contribution in [0.2, 0.25) is 5.15 Å². The highest BCUT2D eigenvalue weighted by Gasteiger charge is 2.29. The molecule has 1 aromatic heterocycles. The molecule has 0 aliphatic heterocycles. The average Bonchev–Trinajstić information content (AvgIpc) is 3.22. The third-order valence-electron chi connectivity index (χ3n) is 3.77. The second-order valence-electron chi connectivity index (χ2n) is 6.98. The van der Waals surface area contributed by atoms with Crippen molar-refractivity contribution in [1.29, 1.82) is 0 Å². The number of nitrogens with zero attached hydrogens (tertiary/aromatic N) is 1. The number of nitrogens with two attached hydrogens (primary N) is 1. The molecule has 1 heterocycles. The number of carbonyl (C=O) groups excluding carboxylic acids is 1. The van der Waals surface area contributed by atoms with Crippen LogP contribution in [-0.4, -0.2) is 23.8 Å². The molecule has 0 aromatic carbocycles. The number of pyridine rings is 1. The molecule has 1 aromatic rings. The Morgan fingerprint density at radius 1 is 1.52 bits per heavy atom. The third kappa shape index (κ3) is 5.53. The van der Waals surface area contributed by atoms with Crippen molar-refractivity contribution in [2.75, 3.05) is 6.61 Å². The Morgan fingerprint density at radius 2 is 2.17 bits per heavy atom. The van der Waals surface area contributed by atoms with Crippen LogP contribution in [0.3, 0.4) is 0 Å². The molecule has 23 heavy (non-hydrogen) atoms. The van der Waals surface area contributed by atoms with Crippen molar-refractivity contribution < 1.29 is 14.3 Å². The first kappa shape index (κ1) is 18.3. The fourth-order valence-electron chi connectivity index (χ4n) is 2.09. The molecule has 1 fully saturated rings. The summed E-state index contributed by atoms with van der Waals surface area (Å²) in [5.74, 6) is 1.18. The Morgan fingerprint density at radius 3 is 2.70 bits per heavy atom. The van der Waals surface area contributed by atoms with Crippen LogP contribution in [-0.2, 0) is 11.2 Å². The number of halogens is 2. The molecule has 1 atom stereocenters. The van der Waals surface area contributed by atoms with Gasteiger partial charge in [-0.1, -0.05) is 32.4 Å². The molecule has 0 saturated heterocycles. The highest BCUT2D eigenvalue weighted by molar-refractivity contribution is 9.10. The van der Waals surface area contributed by atoms with Crippen molar-refractivity contribution in [1.82, 2.24) is 4.98 Å². The van der Waals surface area contributed by atoms with E-state index in [0.717, 1.165) is 5.56 Å². The summed E-state index contributed by atoms with van der Waals surface area (Å²) in [6.07, 6.45) is 1.71. The van der Waals surface area contributed by atoms with Crippen molar-refractivity contribution in [3.8, 4) is 5.75 Å². The molecule has 1 unspecified atom stereocenters. The molecule has 0 radical (unpaired) electrons. The number of hydrogen-bond donors (Lipinski definition) is 1. The van der Waals surface area contributed by atoms with E-state index in [2.05, 4.69) is 20.9 Å². The van der Waals surface area contributed by atoms with Crippen LogP contribution < -0.4 is 10.5 Å². The van der Waals surface area contributed by atoms with Crippen LogP contribution >= 0.6 is 27.5 Å². The van der Waals surface area contributed by atoms with Gasteiger partial charge in [0, 0.05) is 6.42 Å². The molecule has 1 aliphatic rings. The highest BCUT2D eigenvalue weighted by Crippen LogP contribution is 2.34. The van der Waals surface area contributed by atoms with Crippen molar-refractivity contribution in [3.63, 3.8) is 0 Å². The largest absolute Gasteiger partial charge is 0.490 e. The molecule has 2 N–H and O–H groups in total. The monoisotopic (exact) mass is 404 g/mol. The van der Waals surface area contributed by atoms with Crippen molar-refractivity contribution >= 4 is 33.6 Å². The van der Waals surface area contributed by atoms with E-state index in [1.807, 2.05) is 26.8 Å². The lowest BCUT2D eigenvalue weighted by Gasteiger charge is -2.30.